The first-order chi connectivity index (χ1) is 14.2. The molecule has 5 rings (SSSR count). The molecule has 0 atom stereocenters. The van der Waals surface area contributed by atoms with Gasteiger partial charge in [-0.05, 0) is 49.6 Å². The van der Waals surface area contributed by atoms with Crippen molar-refractivity contribution >= 4 is 40.3 Å². The first-order valence-corrected chi connectivity index (χ1v) is 12.7. The molecule has 1 aromatic carbocycles. The maximum Gasteiger partial charge on any atom is 0.269 e. The highest BCUT2D eigenvalue weighted by Crippen LogP contribution is 2.50. The summed E-state index contributed by atoms with van der Waals surface area (Å²) in [6.45, 7) is 0. The van der Waals surface area contributed by atoms with Crippen molar-refractivity contribution < 1.29 is 4.79 Å². The van der Waals surface area contributed by atoms with Crippen molar-refractivity contribution in [2.75, 3.05) is 11.9 Å². The van der Waals surface area contributed by atoms with Crippen LogP contribution in [0.25, 0.3) is 0 Å². The Hall–Kier alpha value is -1.40. The Bertz CT molecular complexity index is 853. The minimum absolute atomic E-state index is 0.179. The van der Waals surface area contributed by atoms with Crippen LogP contribution >= 0.6 is 23.5 Å². The molecule has 0 bridgehead atoms. The average Bonchev–Trinajstić information content (AvgIpc) is 3.26. The number of amides is 1. The molecule has 2 aliphatic heterocycles. The lowest BCUT2D eigenvalue weighted by Gasteiger charge is -2.31. The van der Waals surface area contributed by atoms with Gasteiger partial charge in [-0.15, -0.1) is 0 Å². The van der Waals surface area contributed by atoms with Crippen LogP contribution in [0.4, 0.5) is 5.69 Å². The summed E-state index contributed by atoms with van der Waals surface area (Å²) >= 11 is 3.35. The molecule has 1 saturated heterocycles. The van der Waals surface area contributed by atoms with Crippen LogP contribution in [0, 0.1) is 0 Å². The monoisotopic (exact) mass is 427 g/mol. The smallest absolute Gasteiger partial charge is 0.269 e. The van der Waals surface area contributed by atoms with E-state index in [0.717, 1.165) is 27.9 Å². The van der Waals surface area contributed by atoms with Crippen molar-refractivity contribution in [3.8, 4) is 0 Å². The third-order valence-corrected chi connectivity index (χ3v) is 8.97. The molecule has 0 aromatic heterocycles. The Morgan fingerprint density at radius 2 is 1.62 bits per heavy atom. The van der Waals surface area contributed by atoms with E-state index in [0.29, 0.717) is 12.1 Å². The highest BCUT2D eigenvalue weighted by molar-refractivity contribution is 8.19. The largest absolute Gasteiger partial charge is 0.337 e. The van der Waals surface area contributed by atoms with Gasteiger partial charge in [-0.25, -0.2) is 0 Å². The van der Waals surface area contributed by atoms with Gasteiger partial charge in [0.05, 0.1) is 16.8 Å². The molecule has 0 N–H and O–H groups in total. The second kappa shape index (κ2) is 8.38. The van der Waals surface area contributed by atoms with Crippen LogP contribution in [0.5, 0.6) is 0 Å². The molecule has 0 radical (unpaired) electrons. The van der Waals surface area contributed by atoms with Crippen LogP contribution in [-0.2, 0) is 4.79 Å². The lowest BCUT2D eigenvalue weighted by molar-refractivity contribution is -0.124. The molecular weight excluding hydrogens is 398 g/mol. The summed E-state index contributed by atoms with van der Waals surface area (Å²) in [5, 5.41) is 2.04. The number of para-hydroxylation sites is 1. The number of thioether (sulfide) groups is 2. The minimum Gasteiger partial charge on any atom is -0.337 e. The third kappa shape index (κ3) is 3.74. The molecule has 6 heteroatoms. The van der Waals surface area contributed by atoms with Crippen LogP contribution in [0.15, 0.2) is 44.1 Å². The minimum atomic E-state index is 0.179. The van der Waals surface area contributed by atoms with E-state index in [9.17, 15) is 4.79 Å². The molecule has 2 aliphatic carbocycles. The van der Waals surface area contributed by atoms with Gasteiger partial charge in [0.2, 0.25) is 0 Å². The Balaban J connectivity index is 1.50. The standard InChI is InChI=1S/C23H29N3OS2/c1-25-18-14-8-9-15-19(18)28-22(25)20-21(27)26(17-12-6-3-7-13-17)23(29-20)24-16-10-4-2-5-11-16/h8-9,14-17H,2-7,10-13H2,1H3. The number of aliphatic imine (C=N–C) groups is 1. The fourth-order valence-corrected chi connectivity index (χ4v) is 7.39. The van der Waals surface area contributed by atoms with Gasteiger partial charge in [0, 0.05) is 18.0 Å². The lowest BCUT2D eigenvalue weighted by Crippen LogP contribution is -2.41. The lowest BCUT2D eigenvalue weighted by atomic mass is 9.94. The second-order valence-corrected chi connectivity index (χ2v) is 10.5. The number of carbonyl (C=O) groups excluding carboxylic acids is 1. The molecule has 4 nitrogen and oxygen atoms in total. The number of carbonyl (C=O) groups is 1. The van der Waals surface area contributed by atoms with E-state index < -0.39 is 0 Å². The maximum absolute atomic E-state index is 13.7. The summed E-state index contributed by atoms with van der Waals surface area (Å²) in [7, 11) is 2.08. The van der Waals surface area contributed by atoms with Gasteiger partial charge in [0.1, 0.15) is 4.91 Å². The normalized spacial score (nSPS) is 27.9. The molecule has 2 saturated carbocycles. The van der Waals surface area contributed by atoms with Crippen LogP contribution in [0.3, 0.4) is 0 Å². The summed E-state index contributed by atoms with van der Waals surface area (Å²) in [6.07, 6.45) is 12.2. The topological polar surface area (TPSA) is 35.9 Å². The number of fused-ring (bicyclic) bond motifs is 1. The number of nitrogens with zero attached hydrogens (tertiary/aromatic N) is 3. The van der Waals surface area contributed by atoms with Crippen molar-refractivity contribution in [2.24, 2.45) is 4.99 Å². The van der Waals surface area contributed by atoms with Crippen molar-refractivity contribution in [3.63, 3.8) is 0 Å². The summed E-state index contributed by atoms with van der Waals surface area (Å²) < 4.78 is 0. The molecule has 4 aliphatic rings. The molecule has 29 heavy (non-hydrogen) atoms. The zero-order valence-corrected chi connectivity index (χ0v) is 18.7. The summed E-state index contributed by atoms with van der Waals surface area (Å²) in [6, 6.07) is 9.13. The van der Waals surface area contributed by atoms with E-state index in [1.807, 2.05) is 0 Å². The number of amidine groups is 1. The van der Waals surface area contributed by atoms with Crippen LogP contribution in [-0.4, -0.2) is 35.1 Å². The van der Waals surface area contributed by atoms with Gasteiger partial charge in [-0.2, -0.15) is 0 Å². The van der Waals surface area contributed by atoms with Gasteiger partial charge >= 0.3 is 0 Å². The Labute approximate surface area is 182 Å². The Morgan fingerprint density at radius 1 is 0.931 bits per heavy atom. The van der Waals surface area contributed by atoms with E-state index in [-0.39, 0.29) is 5.91 Å². The van der Waals surface area contributed by atoms with Crippen LogP contribution in [0.2, 0.25) is 0 Å². The first-order valence-electron chi connectivity index (χ1n) is 11.1. The predicted octanol–water partition coefficient (Wildman–Crippen LogP) is 5.99. The zero-order chi connectivity index (χ0) is 19.8. The SMILES string of the molecule is CN1C(=C2SC(=NC3CCCCC3)N(C3CCCCC3)C2=O)Sc2ccccc21. The molecule has 3 fully saturated rings. The van der Waals surface area contributed by atoms with Gasteiger partial charge < -0.3 is 4.90 Å². The summed E-state index contributed by atoms with van der Waals surface area (Å²) in [5.41, 5.74) is 1.19. The summed E-state index contributed by atoms with van der Waals surface area (Å²) in [5.74, 6) is 0.179. The number of anilines is 1. The molecule has 1 aromatic rings. The molecular formula is C23H29N3OS2. The van der Waals surface area contributed by atoms with E-state index in [1.54, 1.807) is 23.5 Å². The van der Waals surface area contributed by atoms with Crippen molar-refractivity contribution in [1.29, 1.82) is 0 Å². The summed E-state index contributed by atoms with van der Waals surface area (Å²) in [4.78, 5) is 25.2. The highest BCUT2D eigenvalue weighted by Gasteiger charge is 2.42. The van der Waals surface area contributed by atoms with E-state index in [1.165, 1.54) is 61.9 Å². The fourth-order valence-electron chi connectivity index (χ4n) is 4.93. The zero-order valence-electron chi connectivity index (χ0n) is 17.1. The molecule has 0 unspecified atom stereocenters. The second-order valence-electron chi connectivity index (χ2n) is 8.54. The van der Waals surface area contributed by atoms with Gasteiger partial charge in [-0.1, -0.05) is 62.4 Å². The Morgan fingerprint density at radius 3 is 2.34 bits per heavy atom. The maximum atomic E-state index is 13.7. The van der Waals surface area contributed by atoms with E-state index >= 15 is 0 Å². The number of hydrogen-bond acceptors (Lipinski definition) is 5. The Kier molecular flexibility index (Phi) is 5.65. The van der Waals surface area contributed by atoms with Crippen molar-refractivity contribution in [1.82, 2.24) is 4.90 Å². The van der Waals surface area contributed by atoms with Crippen LogP contribution < -0.4 is 4.90 Å². The van der Waals surface area contributed by atoms with Crippen molar-refractivity contribution in [2.45, 2.75) is 81.2 Å². The third-order valence-electron chi connectivity index (χ3n) is 6.55. The first kappa shape index (κ1) is 19.6. The average molecular weight is 428 g/mol. The van der Waals surface area contributed by atoms with Crippen LogP contribution in [0.1, 0.15) is 64.2 Å². The van der Waals surface area contributed by atoms with E-state index in [2.05, 4.69) is 41.1 Å². The molecule has 1 amide bonds. The van der Waals surface area contributed by atoms with Crippen molar-refractivity contribution in [3.05, 3.63) is 34.2 Å². The van der Waals surface area contributed by atoms with Gasteiger partial charge in [0.15, 0.2) is 5.17 Å². The van der Waals surface area contributed by atoms with Gasteiger partial charge in [0.25, 0.3) is 5.91 Å². The molecule has 154 valence electrons. The number of rotatable bonds is 2. The number of benzene rings is 1. The highest BCUT2D eigenvalue weighted by atomic mass is 32.2. The number of hydrogen-bond donors (Lipinski definition) is 0. The predicted molar refractivity (Wildman–Crippen MR) is 123 cm³/mol. The molecule has 0 spiro atoms. The fraction of sp³-hybridized carbons (Fsp3) is 0.565. The van der Waals surface area contributed by atoms with E-state index in [4.69, 9.17) is 4.99 Å². The quantitative estimate of drug-likeness (QED) is 0.543. The van der Waals surface area contributed by atoms with Gasteiger partial charge in [-0.3, -0.25) is 14.7 Å². The molecule has 2 heterocycles.